The Kier molecular flexibility index (Phi) is 6.20. The average Bonchev–Trinajstić information content (AvgIpc) is 3.07. The number of halogens is 1. The van der Waals surface area contributed by atoms with Crippen LogP contribution in [0.25, 0.3) is 10.9 Å². The maximum absolute atomic E-state index is 11.9. The van der Waals surface area contributed by atoms with Crippen LogP contribution in [-0.2, 0) is 16.0 Å². The summed E-state index contributed by atoms with van der Waals surface area (Å²) in [7, 11) is 0. The molecule has 0 fully saturated rings. The van der Waals surface area contributed by atoms with Gasteiger partial charge in [-0.1, -0.05) is 29.8 Å². The van der Waals surface area contributed by atoms with Crippen LogP contribution < -0.4 is 10.9 Å². The Morgan fingerprint density at radius 3 is 2.54 bits per heavy atom. The first-order valence-corrected chi connectivity index (χ1v) is 9.49. The SMILES string of the molecule is O=C(CCc1c[nH]c2ccccc12)NNC(=O)CSc1ccc(Cl)cc1. The molecular formula is C19H18ClN3O2S. The van der Waals surface area contributed by atoms with E-state index < -0.39 is 0 Å². The number of thioether (sulfide) groups is 1. The predicted octanol–water partition coefficient (Wildman–Crippen LogP) is 3.69. The van der Waals surface area contributed by atoms with Crippen molar-refractivity contribution >= 4 is 46.1 Å². The highest BCUT2D eigenvalue weighted by molar-refractivity contribution is 8.00. The van der Waals surface area contributed by atoms with Gasteiger partial charge in [0.05, 0.1) is 5.75 Å². The van der Waals surface area contributed by atoms with Crippen molar-refractivity contribution in [2.45, 2.75) is 17.7 Å². The number of benzene rings is 2. The molecule has 3 aromatic rings. The van der Waals surface area contributed by atoms with Crippen molar-refractivity contribution in [3.63, 3.8) is 0 Å². The summed E-state index contributed by atoms with van der Waals surface area (Å²) < 4.78 is 0. The average molecular weight is 388 g/mol. The highest BCUT2D eigenvalue weighted by Gasteiger charge is 2.08. The topological polar surface area (TPSA) is 74.0 Å². The van der Waals surface area contributed by atoms with Crippen molar-refractivity contribution in [2.75, 3.05) is 5.75 Å². The Hall–Kier alpha value is -2.44. The van der Waals surface area contributed by atoms with E-state index in [1.165, 1.54) is 11.8 Å². The van der Waals surface area contributed by atoms with Gasteiger partial charge in [0.15, 0.2) is 0 Å². The lowest BCUT2D eigenvalue weighted by Crippen LogP contribution is -2.42. The Labute approximate surface area is 160 Å². The molecule has 2 amide bonds. The number of hydrogen-bond acceptors (Lipinski definition) is 3. The smallest absolute Gasteiger partial charge is 0.248 e. The molecule has 3 rings (SSSR count). The lowest BCUT2D eigenvalue weighted by molar-refractivity contribution is -0.127. The van der Waals surface area contributed by atoms with Gasteiger partial charge in [0.25, 0.3) is 0 Å². The molecular weight excluding hydrogens is 370 g/mol. The number of hydrazine groups is 1. The molecule has 0 spiro atoms. The molecule has 0 saturated heterocycles. The quantitative estimate of drug-likeness (QED) is 0.446. The van der Waals surface area contributed by atoms with Crippen LogP contribution >= 0.6 is 23.4 Å². The minimum Gasteiger partial charge on any atom is -0.361 e. The predicted molar refractivity (Wildman–Crippen MR) is 105 cm³/mol. The highest BCUT2D eigenvalue weighted by Crippen LogP contribution is 2.20. The number of carbonyl (C=O) groups is 2. The third-order valence-corrected chi connectivity index (χ3v) is 5.09. The van der Waals surface area contributed by atoms with E-state index in [9.17, 15) is 9.59 Å². The molecule has 134 valence electrons. The van der Waals surface area contributed by atoms with E-state index in [1.54, 1.807) is 12.1 Å². The van der Waals surface area contributed by atoms with E-state index in [0.29, 0.717) is 17.9 Å². The summed E-state index contributed by atoms with van der Waals surface area (Å²) in [5.74, 6) is -0.268. The normalized spacial score (nSPS) is 10.7. The van der Waals surface area contributed by atoms with Gasteiger partial charge >= 0.3 is 0 Å². The lowest BCUT2D eigenvalue weighted by Gasteiger charge is -2.07. The van der Waals surface area contributed by atoms with Gasteiger partial charge in [0.1, 0.15) is 0 Å². The number of carbonyl (C=O) groups excluding carboxylic acids is 2. The van der Waals surface area contributed by atoms with Crippen molar-refractivity contribution in [1.29, 1.82) is 0 Å². The van der Waals surface area contributed by atoms with Gasteiger partial charge in [0, 0.05) is 33.4 Å². The standard InChI is InChI=1S/C19H18ClN3O2S/c20-14-6-8-15(9-7-14)26-12-19(25)23-22-18(24)10-5-13-11-21-17-4-2-1-3-16(13)17/h1-4,6-9,11,21H,5,10,12H2,(H,22,24)(H,23,25). The molecule has 0 atom stereocenters. The van der Waals surface area contributed by atoms with Crippen LogP contribution in [0.3, 0.4) is 0 Å². The molecule has 3 N–H and O–H groups in total. The van der Waals surface area contributed by atoms with E-state index in [4.69, 9.17) is 11.6 Å². The molecule has 7 heteroatoms. The molecule has 0 unspecified atom stereocenters. The molecule has 0 aliphatic rings. The van der Waals surface area contributed by atoms with Crippen molar-refractivity contribution in [1.82, 2.24) is 15.8 Å². The molecule has 26 heavy (non-hydrogen) atoms. The highest BCUT2D eigenvalue weighted by atomic mass is 35.5. The molecule has 1 heterocycles. The first kappa shape index (κ1) is 18.4. The number of amides is 2. The molecule has 5 nitrogen and oxygen atoms in total. The number of nitrogens with one attached hydrogen (secondary N) is 3. The van der Waals surface area contributed by atoms with Crippen molar-refractivity contribution in [2.24, 2.45) is 0 Å². The van der Waals surface area contributed by atoms with Crippen molar-refractivity contribution in [3.05, 3.63) is 65.3 Å². The maximum Gasteiger partial charge on any atom is 0.248 e. The Morgan fingerprint density at radius 1 is 1.00 bits per heavy atom. The maximum atomic E-state index is 11.9. The fourth-order valence-corrected chi connectivity index (χ4v) is 3.33. The van der Waals surface area contributed by atoms with Gasteiger partial charge < -0.3 is 4.98 Å². The summed E-state index contributed by atoms with van der Waals surface area (Å²) in [4.78, 5) is 27.9. The van der Waals surface area contributed by atoms with Gasteiger partial charge in [-0.2, -0.15) is 0 Å². The minimum absolute atomic E-state index is 0.213. The first-order chi connectivity index (χ1) is 12.6. The number of rotatable bonds is 6. The number of aryl methyl sites for hydroxylation is 1. The van der Waals surface area contributed by atoms with Gasteiger partial charge in [-0.15, -0.1) is 11.8 Å². The zero-order valence-electron chi connectivity index (χ0n) is 13.9. The van der Waals surface area contributed by atoms with Gasteiger partial charge in [0.2, 0.25) is 11.8 Å². The first-order valence-electron chi connectivity index (χ1n) is 8.13. The van der Waals surface area contributed by atoms with Gasteiger partial charge in [-0.05, 0) is 42.3 Å². The number of H-pyrrole nitrogens is 1. The lowest BCUT2D eigenvalue weighted by atomic mass is 10.1. The third kappa shape index (κ3) is 5.03. The molecule has 1 aromatic heterocycles. The van der Waals surface area contributed by atoms with E-state index in [1.807, 2.05) is 42.6 Å². The molecule has 0 saturated carbocycles. The van der Waals surface area contributed by atoms with Gasteiger partial charge in [-0.25, -0.2) is 0 Å². The zero-order valence-corrected chi connectivity index (χ0v) is 15.5. The van der Waals surface area contributed by atoms with Crippen LogP contribution in [0.15, 0.2) is 59.6 Å². The number of para-hydroxylation sites is 1. The van der Waals surface area contributed by atoms with E-state index in [0.717, 1.165) is 21.4 Å². The number of aromatic nitrogens is 1. The zero-order chi connectivity index (χ0) is 18.4. The summed E-state index contributed by atoms with van der Waals surface area (Å²) in [6.07, 6.45) is 2.82. The summed E-state index contributed by atoms with van der Waals surface area (Å²) in [5.41, 5.74) is 7.03. The van der Waals surface area contributed by atoms with E-state index in [2.05, 4.69) is 15.8 Å². The van der Waals surface area contributed by atoms with Crippen LogP contribution in [0.2, 0.25) is 5.02 Å². The molecule has 0 aliphatic carbocycles. The van der Waals surface area contributed by atoms with Crippen molar-refractivity contribution < 1.29 is 9.59 Å². The molecule has 0 aliphatic heterocycles. The number of aromatic amines is 1. The molecule has 0 radical (unpaired) electrons. The summed E-state index contributed by atoms with van der Waals surface area (Å²) in [6, 6.07) is 15.2. The van der Waals surface area contributed by atoms with Crippen molar-refractivity contribution in [3.8, 4) is 0 Å². The fraction of sp³-hybridized carbons (Fsp3) is 0.158. The van der Waals surface area contributed by atoms with E-state index in [-0.39, 0.29) is 17.6 Å². The Balaban J connectivity index is 1.39. The Bertz CT molecular complexity index is 909. The summed E-state index contributed by atoms with van der Waals surface area (Å²) >= 11 is 7.20. The van der Waals surface area contributed by atoms with Crippen LogP contribution in [0.4, 0.5) is 0 Å². The monoisotopic (exact) mass is 387 g/mol. The fourth-order valence-electron chi connectivity index (χ4n) is 2.50. The minimum atomic E-state index is -0.259. The largest absolute Gasteiger partial charge is 0.361 e. The number of hydrogen-bond donors (Lipinski definition) is 3. The Morgan fingerprint density at radius 2 is 1.73 bits per heavy atom. The molecule has 0 bridgehead atoms. The molecule has 2 aromatic carbocycles. The second-order valence-electron chi connectivity index (χ2n) is 5.70. The second kappa shape index (κ2) is 8.78. The van der Waals surface area contributed by atoms with Gasteiger partial charge in [-0.3, -0.25) is 20.4 Å². The van der Waals surface area contributed by atoms with Crippen LogP contribution in [0.5, 0.6) is 0 Å². The second-order valence-corrected chi connectivity index (χ2v) is 7.18. The number of fused-ring (bicyclic) bond motifs is 1. The van der Waals surface area contributed by atoms with Crippen LogP contribution in [0.1, 0.15) is 12.0 Å². The summed E-state index contributed by atoms with van der Waals surface area (Å²) in [6.45, 7) is 0. The summed E-state index contributed by atoms with van der Waals surface area (Å²) in [5, 5.41) is 1.77. The van der Waals surface area contributed by atoms with Crippen LogP contribution in [0, 0.1) is 0 Å². The third-order valence-electron chi connectivity index (χ3n) is 3.82. The van der Waals surface area contributed by atoms with Crippen LogP contribution in [-0.4, -0.2) is 22.6 Å². The van der Waals surface area contributed by atoms with E-state index >= 15 is 0 Å².